The summed E-state index contributed by atoms with van der Waals surface area (Å²) in [5.74, 6) is -0.0812. The second kappa shape index (κ2) is 9.72. The molecular formula is C29H31N3O2. The summed E-state index contributed by atoms with van der Waals surface area (Å²) in [5, 5.41) is 4.31. The first-order valence-corrected chi connectivity index (χ1v) is 12.2. The van der Waals surface area contributed by atoms with Crippen molar-refractivity contribution in [1.82, 2.24) is 9.88 Å². The first kappa shape index (κ1) is 22.2. The van der Waals surface area contributed by atoms with Gasteiger partial charge in [0.15, 0.2) is 5.43 Å². The van der Waals surface area contributed by atoms with Crippen LogP contribution < -0.4 is 15.6 Å². The van der Waals surface area contributed by atoms with Crippen molar-refractivity contribution in [3.8, 4) is 0 Å². The lowest BCUT2D eigenvalue weighted by atomic mass is 9.94. The van der Waals surface area contributed by atoms with E-state index in [1.807, 2.05) is 53.1 Å². The number of amides is 1. The average Bonchev–Trinajstić information content (AvgIpc) is 2.90. The highest BCUT2D eigenvalue weighted by Gasteiger charge is 2.18. The normalized spacial score (nSPS) is 14.4. The van der Waals surface area contributed by atoms with Crippen molar-refractivity contribution in [1.29, 1.82) is 0 Å². The molecule has 0 atom stereocenters. The Morgan fingerprint density at radius 1 is 0.882 bits per heavy atom. The van der Waals surface area contributed by atoms with Crippen LogP contribution in [0.3, 0.4) is 0 Å². The van der Waals surface area contributed by atoms with Gasteiger partial charge in [-0.15, -0.1) is 0 Å². The van der Waals surface area contributed by atoms with E-state index in [2.05, 4.69) is 41.5 Å². The van der Waals surface area contributed by atoms with Crippen LogP contribution in [0.15, 0.2) is 77.6 Å². The Balaban J connectivity index is 1.29. The van der Waals surface area contributed by atoms with Gasteiger partial charge >= 0.3 is 0 Å². The van der Waals surface area contributed by atoms with Crippen LogP contribution in [-0.4, -0.2) is 23.6 Å². The topological polar surface area (TPSA) is 54.3 Å². The molecule has 3 aromatic carbocycles. The number of pyridine rings is 1. The highest BCUT2D eigenvalue weighted by atomic mass is 16.2. The summed E-state index contributed by atoms with van der Waals surface area (Å²) < 4.78 is 1.93. The van der Waals surface area contributed by atoms with Gasteiger partial charge in [0.2, 0.25) is 5.91 Å². The van der Waals surface area contributed by atoms with Gasteiger partial charge in [0, 0.05) is 36.1 Å². The second-order valence-corrected chi connectivity index (χ2v) is 9.30. The van der Waals surface area contributed by atoms with E-state index in [4.69, 9.17) is 0 Å². The van der Waals surface area contributed by atoms with Gasteiger partial charge in [0.25, 0.3) is 0 Å². The number of nitrogens with one attached hydrogen (secondary N) is 1. The molecule has 1 aliphatic carbocycles. The molecule has 1 N–H and O–H groups in total. The summed E-state index contributed by atoms with van der Waals surface area (Å²) in [4.78, 5) is 28.2. The molecule has 0 aliphatic heterocycles. The minimum Gasteiger partial charge on any atom is -0.372 e. The smallest absolute Gasteiger partial charge is 0.240 e. The fourth-order valence-electron chi connectivity index (χ4n) is 5.18. The van der Waals surface area contributed by atoms with Crippen LogP contribution in [0.1, 0.15) is 37.7 Å². The maximum absolute atomic E-state index is 12.9. The van der Waals surface area contributed by atoms with Gasteiger partial charge in [-0.25, -0.2) is 0 Å². The minimum atomic E-state index is -0.0812. The predicted octanol–water partition coefficient (Wildman–Crippen LogP) is 5.24. The molecule has 1 aromatic heterocycles. The number of benzene rings is 3. The lowest BCUT2D eigenvalue weighted by Gasteiger charge is -2.33. The molecule has 0 saturated heterocycles. The van der Waals surface area contributed by atoms with Crippen molar-refractivity contribution in [2.24, 2.45) is 0 Å². The van der Waals surface area contributed by atoms with E-state index in [9.17, 15) is 9.59 Å². The molecule has 5 nitrogen and oxygen atoms in total. The molecular weight excluding hydrogens is 422 g/mol. The number of para-hydroxylation sites is 2. The summed E-state index contributed by atoms with van der Waals surface area (Å²) in [6.45, 7) is 0.631. The van der Waals surface area contributed by atoms with Crippen LogP contribution in [0.4, 0.5) is 5.69 Å². The first-order valence-electron chi connectivity index (χ1n) is 12.2. The Bertz CT molecular complexity index is 1310. The van der Waals surface area contributed by atoms with Crippen molar-refractivity contribution in [3.63, 3.8) is 0 Å². The average molecular weight is 454 g/mol. The number of anilines is 1. The lowest BCUT2D eigenvalue weighted by molar-refractivity contribution is -0.121. The third-order valence-corrected chi connectivity index (χ3v) is 7.14. The van der Waals surface area contributed by atoms with Crippen LogP contribution in [-0.2, 0) is 17.9 Å². The van der Waals surface area contributed by atoms with Crippen molar-refractivity contribution in [2.45, 2.75) is 51.2 Å². The van der Waals surface area contributed by atoms with E-state index in [1.165, 1.54) is 37.8 Å². The maximum Gasteiger partial charge on any atom is 0.240 e. The van der Waals surface area contributed by atoms with Gasteiger partial charge in [0.05, 0.1) is 11.0 Å². The zero-order chi connectivity index (χ0) is 23.5. The molecule has 1 amide bonds. The van der Waals surface area contributed by atoms with Crippen molar-refractivity contribution in [3.05, 3.63) is 88.6 Å². The highest BCUT2D eigenvalue weighted by Crippen LogP contribution is 2.26. The van der Waals surface area contributed by atoms with Gasteiger partial charge in [-0.2, -0.15) is 0 Å². The third kappa shape index (κ3) is 4.43. The van der Waals surface area contributed by atoms with Crippen LogP contribution >= 0.6 is 0 Å². The van der Waals surface area contributed by atoms with Gasteiger partial charge in [0.1, 0.15) is 6.54 Å². The molecule has 0 unspecified atom stereocenters. The number of rotatable bonds is 6. The van der Waals surface area contributed by atoms with Gasteiger partial charge in [-0.1, -0.05) is 55.7 Å². The number of nitrogens with zero attached hydrogens (tertiary/aromatic N) is 2. The summed E-state index contributed by atoms with van der Waals surface area (Å²) >= 11 is 0. The van der Waals surface area contributed by atoms with Gasteiger partial charge < -0.3 is 14.8 Å². The molecule has 1 heterocycles. The Hall–Kier alpha value is -3.60. The molecule has 0 bridgehead atoms. The molecule has 34 heavy (non-hydrogen) atoms. The molecule has 1 aliphatic rings. The summed E-state index contributed by atoms with van der Waals surface area (Å²) in [7, 11) is 2.19. The Morgan fingerprint density at radius 3 is 2.09 bits per heavy atom. The molecule has 0 spiro atoms. The second-order valence-electron chi connectivity index (χ2n) is 9.30. The summed E-state index contributed by atoms with van der Waals surface area (Å²) in [6.07, 6.45) is 6.53. The molecule has 0 radical (unpaired) electrons. The van der Waals surface area contributed by atoms with Crippen LogP contribution in [0.25, 0.3) is 21.8 Å². The highest BCUT2D eigenvalue weighted by molar-refractivity contribution is 5.94. The van der Waals surface area contributed by atoms with Gasteiger partial charge in [-0.3, -0.25) is 9.59 Å². The molecule has 1 fully saturated rings. The summed E-state index contributed by atoms with van der Waals surface area (Å²) in [6, 6.07) is 24.1. The van der Waals surface area contributed by atoms with E-state index in [0.29, 0.717) is 23.4 Å². The largest absolute Gasteiger partial charge is 0.372 e. The fraction of sp³-hybridized carbons (Fsp3) is 0.310. The number of hydrogen-bond acceptors (Lipinski definition) is 3. The van der Waals surface area contributed by atoms with Crippen LogP contribution in [0.2, 0.25) is 0 Å². The van der Waals surface area contributed by atoms with E-state index in [-0.39, 0.29) is 17.9 Å². The predicted molar refractivity (Wildman–Crippen MR) is 139 cm³/mol. The van der Waals surface area contributed by atoms with Crippen LogP contribution in [0, 0.1) is 0 Å². The molecule has 5 heteroatoms. The number of fused-ring (bicyclic) bond motifs is 2. The molecule has 1 saturated carbocycles. The summed E-state index contributed by atoms with van der Waals surface area (Å²) in [5.41, 5.74) is 3.85. The van der Waals surface area contributed by atoms with E-state index in [1.54, 1.807) is 0 Å². The van der Waals surface area contributed by atoms with Crippen molar-refractivity contribution < 1.29 is 4.79 Å². The maximum atomic E-state index is 12.9. The standard InChI is InChI=1S/C29H31N3O2/c1-31(22-9-3-2-4-10-22)23-17-15-21(16-18-23)19-30-28(33)20-32-26-13-7-5-11-24(26)29(34)25-12-6-8-14-27(25)32/h5-8,11-18,22H,2-4,9-10,19-20H2,1H3,(H,30,33). The molecule has 4 aromatic rings. The van der Waals surface area contributed by atoms with Crippen molar-refractivity contribution >= 4 is 33.4 Å². The Kier molecular flexibility index (Phi) is 6.35. The van der Waals surface area contributed by atoms with Crippen LogP contribution in [0.5, 0.6) is 0 Å². The Labute approximate surface area is 200 Å². The quantitative estimate of drug-likeness (QED) is 0.406. The van der Waals surface area contributed by atoms with Crippen molar-refractivity contribution in [2.75, 3.05) is 11.9 Å². The van der Waals surface area contributed by atoms with E-state index < -0.39 is 0 Å². The number of carbonyl (C=O) groups is 1. The first-order chi connectivity index (χ1) is 16.6. The zero-order valence-electron chi connectivity index (χ0n) is 19.7. The van der Waals surface area contributed by atoms with E-state index >= 15 is 0 Å². The number of aromatic nitrogens is 1. The lowest BCUT2D eigenvalue weighted by Crippen LogP contribution is -2.33. The third-order valence-electron chi connectivity index (χ3n) is 7.14. The molecule has 5 rings (SSSR count). The van der Waals surface area contributed by atoms with E-state index in [0.717, 1.165) is 16.6 Å². The minimum absolute atomic E-state index is 0.00106. The number of hydrogen-bond donors (Lipinski definition) is 1. The molecule has 174 valence electrons. The SMILES string of the molecule is CN(c1ccc(CNC(=O)Cn2c3ccccc3c(=O)c3ccccc32)cc1)C1CCCCC1. The number of carbonyl (C=O) groups excluding carboxylic acids is 1. The fourth-order valence-corrected chi connectivity index (χ4v) is 5.18. The zero-order valence-corrected chi connectivity index (χ0v) is 19.7. The monoisotopic (exact) mass is 453 g/mol. The Morgan fingerprint density at radius 2 is 1.47 bits per heavy atom. The van der Waals surface area contributed by atoms with Gasteiger partial charge in [-0.05, 0) is 54.8 Å².